The Morgan fingerprint density at radius 3 is 2.71 bits per heavy atom. The molecule has 0 spiro atoms. The molecule has 1 N–H and O–H groups in total. The summed E-state index contributed by atoms with van der Waals surface area (Å²) in [5.41, 5.74) is -0.250. The van der Waals surface area contributed by atoms with Gasteiger partial charge in [0.2, 0.25) is 11.7 Å². The first-order valence-electron chi connectivity index (χ1n) is 6.26. The van der Waals surface area contributed by atoms with E-state index in [9.17, 15) is 4.79 Å². The van der Waals surface area contributed by atoms with Gasteiger partial charge < -0.3 is 14.4 Å². The van der Waals surface area contributed by atoms with Gasteiger partial charge in [-0.15, -0.1) is 0 Å². The Morgan fingerprint density at radius 1 is 1.43 bits per heavy atom. The molecule has 0 unspecified atom stereocenters. The molecule has 1 aromatic heterocycles. The van der Waals surface area contributed by atoms with Gasteiger partial charge in [-0.25, -0.2) is 4.79 Å². The largest absolute Gasteiger partial charge is 0.485 e. The summed E-state index contributed by atoms with van der Waals surface area (Å²) >= 11 is 5.79. The molecular weight excluding hydrogens is 296 g/mol. The molecule has 0 fully saturated rings. The molecule has 0 bridgehead atoms. The van der Waals surface area contributed by atoms with Crippen LogP contribution in [0.25, 0.3) is 0 Å². The van der Waals surface area contributed by atoms with Gasteiger partial charge in [0, 0.05) is 5.41 Å². The highest BCUT2D eigenvalue weighted by atomic mass is 35.5. The van der Waals surface area contributed by atoms with Crippen molar-refractivity contribution in [1.29, 1.82) is 0 Å². The molecule has 0 radical (unpaired) electrons. The highest BCUT2D eigenvalue weighted by molar-refractivity contribution is 6.33. The van der Waals surface area contributed by atoms with Crippen LogP contribution in [0.1, 0.15) is 42.8 Å². The van der Waals surface area contributed by atoms with Gasteiger partial charge in [-0.3, -0.25) is 0 Å². The van der Waals surface area contributed by atoms with Gasteiger partial charge in [-0.05, 0) is 18.2 Å². The number of rotatable bonds is 4. The monoisotopic (exact) mass is 310 g/mol. The molecule has 0 amide bonds. The fourth-order valence-corrected chi connectivity index (χ4v) is 1.72. The summed E-state index contributed by atoms with van der Waals surface area (Å²) in [6.07, 6.45) is 0. The summed E-state index contributed by atoms with van der Waals surface area (Å²) in [4.78, 5) is 15.2. The van der Waals surface area contributed by atoms with Gasteiger partial charge in [0.1, 0.15) is 5.75 Å². The standard InChI is InChI=1S/C14H15ClN2O4/c1-14(2,3)13-16-11(17-21-13)7-20-8-4-5-10(15)9(6-8)12(18)19/h4-6H,7H2,1-3H3,(H,18,19). The second-order valence-corrected chi connectivity index (χ2v) is 5.91. The van der Waals surface area contributed by atoms with E-state index in [1.54, 1.807) is 6.07 Å². The molecular formula is C14H15ClN2O4. The number of ether oxygens (including phenoxy) is 1. The number of carbonyl (C=O) groups is 1. The quantitative estimate of drug-likeness (QED) is 0.932. The van der Waals surface area contributed by atoms with E-state index in [-0.39, 0.29) is 22.6 Å². The third kappa shape index (κ3) is 3.72. The Balaban J connectivity index is 2.08. The van der Waals surface area contributed by atoms with Gasteiger partial charge in [0.15, 0.2) is 6.61 Å². The zero-order valence-electron chi connectivity index (χ0n) is 11.9. The van der Waals surface area contributed by atoms with E-state index in [2.05, 4.69) is 10.1 Å². The first-order valence-corrected chi connectivity index (χ1v) is 6.64. The summed E-state index contributed by atoms with van der Waals surface area (Å²) in [7, 11) is 0. The lowest BCUT2D eigenvalue weighted by atomic mass is 9.97. The van der Waals surface area contributed by atoms with Gasteiger partial charge >= 0.3 is 5.97 Å². The minimum atomic E-state index is -1.11. The van der Waals surface area contributed by atoms with E-state index in [4.69, 9.17) is 26.0 Å². The minimum absolute atomic E-state index is 0.0161. The number of nitrogens with zero attached hydrogens (tertiary/aromatic N) is 2. The van der Waals surface area contributed by atoms with Crippen LogP contribution in [-0.4, -0.2) is 21.2 Å². The molecule has 7 heteroatoms. The lowest BCUT2D eigenvalue weighted by Gasteiger charge is -2.10. The second kappa shape index (κ2) is 5.73. The Bertz CT molecular complexity index is 661. The van der Waals surface area contributed by atoms with Crippen LogP contribution in [0, 0.1) is 0 Å². The highest BCUT2D eigenvalue weighted by Crippen LogP contribution is 2.23. The van der Waals surface area contributed by atoms with E-state index in [0.717, 1.165) is 0 Å². The maximum atomic E-state index is 11.0. The number of carboxylic acid groups (broad SMARTS) is 1. The summed E-state index contributed by atoms with van der Waals surface area (Å²) < 4.78 is 10.6. The first-order chi connectivity index (χ1) is 9.77. The van der Waals surface area contributed by atoms with Crippen LogP contribution >= 0.6 is 11.6 Å². The fourth-order valence-electron chi connectivity index (χ4n) is 1.52. The van der Waals surface area contributed by atoms with Crippen molar-refractivity contribution in [3.63, 3.8) is 0 Å². The van der Waals surface area contributed by atoms with Crippen molar-refractivity contribution in [1.82, 2.24) is 10.1 Å². The van der Waals surface area contributed by atoms with Gasteiger partial charge in [0.05, 0.1) is 10.6 Å². The number of aromatic carboxylic acids is 1. The van der Waals surface area contributed by atoms with E-state index >= 15 is 0 Å². The molecule has 0 aliphatic heterocycles. The van der Waals surface area contributed by atoms with E-state index in [1.165, 1.54) is 12.1 Å². The van der Waals surface area contributed by atoms with E-state index in [0.29, 0.717) is 17.5 Å². The lowest BCUT2D eigenvalue weighted by molar-refractivity contribution is 0.0696. The van der Waals surface area contributed by atoms with Crippen molar-refractivity contribution in [2.45, 2.75) is 32.8 Å². The Hall–Kier alpha value is -2.08. The van der Waals surface area contributed by atoms with Crippen molar-refractivity contribution in [3.8, 4) is 5.75 Å². The SMILES string of the molecule is CC(C)(C)c1nc(COc2ccc(Cl)c(C(=O)O)c2)no1. The average molecular weight is 311 g/mol. The Morgan fingerprint density at radius 2 is 2.14 bits per heavy atom. The predicted octanol–water partition coefficient (Wildman–Crippen LogP) is 3.30. The summed E-state index contributed by atoms with van der Waals surface area (Å²) in [6, 6.07) is 4.41. The third-order valence-corrected chi connectivity index (χ3v) is 2.98. The maximum Gasteiger partial charge on any atom is 0.337 e. The molecule has 2 rings (SSSR count). The Kier molecular flexibility index (Phi) is 4.18. The van der Waals surface area contributed by atoms with Crippen LogP contribution in [0.15, 0.2) is 22.7 Å². The fraction of sp³-hybridized carbons (Fsp3) is 0.357. The van der Waals surface area contributed by atoms with Crippen LogP contribution in [0.5, 0.6) is 5.75 Å². The molecule has 21 heavy (non-hydrogen) atoms. The Labute approximate surface area is 126 Å². The molecule has 2 aromatic rings. The van der Waals surface area contributed by atoms with Crippen molar-refractivity contribution in [2.24, 2.45) is 0 Å². The van der Waals surface area contributed by atoms with Crippen LogP contribution in [0.3, 0.4) is 0 Å². The normalized spacial score (nSPS) is 11.4. The van der Waals surface area contributed by atoms with Crippen LogP contribution < -0.4 is 4.74 Å². The van der Waals surface area contributed by atoms with E-state index < -0.39 is 5.97 Å². The molecule has 0 aliphatic rings. The van der Waals surface area contributed by atoms with Crippen molar-refractivity contribution >= 4 is 17.6 Å². The maximum absolute atomic E-state index is 11.0. The number of halogens is 1. The molecule has 0 aliphatic carbocycles. The van der Waals surface area contributed by atoms with Crippen LogP contribution in [-0.2, 0) is 12.0 Å². The van der Waals surface area contributed by atoms with Crippen LogP contribution in [0.2, 0.25) is 5.02 Å². The van der Waals surface area contributed by atoms with Crippen LogP contribution in [0.4, 0.5) is 0 Å². The van der Waals surface area contributed by atoms with Crippen molar-refractivity contribution in [2.75, 3.05) is 0 Å². The minimum Gasteiger partial charge on any atom is -0.485 e. The number of aromatic nitrogens is 2. The van der Waals surface area contributed by atoms with E-state index in [1.807, 2.05) is 20.8 Å². The van der Waals surface area contributed by atoms with Gasteiger partial charge in [-0.1, -0.05) is 37.5 Å². The second-order valence-electron chi connectivity index (χ2n) is 5.50. The molecule has 0 atom stereocenters. The third-order valence-electron chi connectivity index (χ3n) is 2.65. The van der Waals surface area contributed by atoms with Crippen molar-refractivity contribution in [3.05, 3.63) is 40.5 Å². The smallest absolute Gasteiger partial charge is 0.337 e. The summed E-state index contributed by atoms with van der Waals surface area (Å²) in [6.45, 7) is 5.97. The number of hydrogen-bond acceptors (Lipinski definition) is 5. The number of carboxylic acids is 1. The predicted molar refractivity (Wildman–Crippen MR) is 75.7 cm³/mol. The van der Waals surface area contributed by atoms with Gasteiger partial charge in [0.25, 0.3) is 0 Å². The lowest BCUT2D eigenvalue weighted by Crippen LogP contribution is -2.11. The zero-order valence-corrected chi connectivity index (χ0v) is 12.6. The summed E-state index contributed by atoms with van der Waals surface area (Å²) in [5, 5.41) is 13.0. The zero-order chi connectivity index (χ0) is 15.6. The molecule has 0 saturated carbocycles. The van der Waals surface area contributed by atoms with Crippen molar-refractivity contribution < 1.29 is 19.2 Å². The first kappa shape index (κ1) is 15.3. The summed E-state index contributed by atoms with van der Waals surface area (Å²) in [5.74, 6) is 0.175. The topological polar surface area (TPSA) is 85.5 Å². The molecule has 1 aromatic carbocycles. The molecule has 6 nitrogen and oxygen atoms in total. The molecule has 0 saturated heterocycles. The van der Waals surface area contributed by atoms with Gasteiger partial charge in [-0.2, -0.15) is 4.98 Å². The highest BCUT2D eigenvalue weighted by Gasteiger charge is 2.21. The number of benzene rings is 1. The molecule has 112 valence electrons. The molecule has 1 heterocycles. The number of hydrogen-bond donors (Lipinski definition) is 1. The average Bonchev–Trinajstić information content (AvgIpc) is 2.86.